The summed E-state index contributed by atoms with van der Waals surface area (Å²) in [6.07, 6.45) is 5.25. The fourth-order valence-corrected chi connectivity index (χ4v) is 4.82. The van der Waals surface area contributed by atoms with Crippen molar-refractivity contribution in [2.75, 3.05) is 0 Å². The molecule has 4 atom stereocenters. The molecule has 2 aromatic rings. The van der Waals surface area contributed by atoms with E-state index in [9.17, 15) is 9.59 Å². The number of H-pyrrole nitrogens is 2. The van der Waals surface area contributed by atoms with E-state index < -0.39 is 0 Å². The van der Waals surface area contributed by atoms with Crippen molar-refractivity contribution < 1.29 is 4.79 Å². The van der Waals surface area contributed by atoms with Gasteiger partial charge in [0.2, 0.25) is 0 Å². The number of benzene rings is 1. The van der Waals surface area contributed by atoms with Gasteiger partial charge in [0.05, 0.1) is 10.9 Å². The first kappa shape index (κ1) is 15.6. The van der Waals surface area contributed by atoms with E-state index in [1.807, 2.05) is 0 Å². The Morgan fingerprint density at radius 1 is 1.29 bits per heavy atom. The monoisotopic (exact) mass is 343 g/mol. The van der Waals surface area contributed by atoms with E-state index in [-0.39, 0.29) is 22.3 Å². The van der Waals surface area contributed by atoms with E-state index in [1.165, 1.54) is 25.7 Å². The molecule has 4 unspecified atom stereocenters. The third-order valence-electron chi connectivity index (χ3n) is 5.80. The first-order valence-electron chi connectivity index (χ1n) is 8.58. The van der Waals surface area contributed by atoms with Gasteiger partial charge < -0.3 is 10.3 Å². The van der Waals surface area contributed by atoms with Crippen molar-refractivity contribution >= 4 is 29.0 Å². The molecule has 1 heterocycles. The van der Waals surface area contributed by atoms with Gasteiger partial charge >= 0.3 is 0 Å². The molecule has 1 aromatic carbocycles. The predicted octanol–water partition coefficient (Wildman–Crippen LogP) is 3.14. The lowest BCUT2D eigenvalue weighted by Gasteiger charge is -2.28. The van der Waals surface area contributed by atoms with Gasteiger partial charge in [-0.2, -0.15) is 0 Å². The van der Waals surface area contributed by atoms with E-state index in [0.717, 1.165) is 11.8 Å². The summed E-state index contributed by atoms with van der Waals surface area (Å²) in [5.74, 6) is 2.15. The van der Waals surface area contributed by atoms with Crippen molar-refractivity contribution in [1.29, 1.82) is 0 Å². The van der Waals surface area contributed by atoms with Crippen molar-refractivity contribution in [3.63, 3.8) is 0 Å². The highest BCUT2D eigenvalue weighted by Crippen LogP contribution is 2.49. The molecular formula is C18H21N3O2S. The molecule has 0 aliphatic heterocycles. The molecule has 2 aliphatic rings. The summed E-state index contributed by atoms with van der Waals surface area (Å²) < 4.78 is 0.264. The van der Waals surface area contributed by atoms with Crippen LogP contribution in [0.1, 0.15) is 43.0 Å². The zero-order valence-electron chi connectivity index (χ0n) is 13.6. The van der Waals surface area contributed by atoms with Crippen LogP contribution < -0.4 is 10.9 Å². The minimum absolute atomic E-state index is 0.0910. The second-order valence-corrected chi connectivity index (χ2v) is 7.68. The second-order valence-electron chi connectivity index (χ2n) is 7.27. The van der Waals surface area contributed by atoms with Crippen LogP contribution >= 0.6 is 12.2 Å². The number of aromatic amines is 2. The molecule has 0 saturated heterocycles. The highest BCUT2D eigenvalue weighted by molar-refractivity contribution is 7.71. The normalized spacial score (nSPS) is 26.6. The number of rotatable bonds is 3. The molecule has 4 rings (SSSR count). The third kappa shape index (κ3) is 2.69. The van der Waals surface area contributed by atoms with Gasteiger partial charge in [0.15, 0.2) is 4.77 Å². The summed E-state index contributed by atoms with van der Waals surface area (Å²) in [6.45, 7) is 2.11. The van der Waals surface area contributed by atoms with Gasteiger partial charge in [0.1, 0.15) is 0 Å². The standard InChI is InChI=1S/C18H21N3O2S/c1-9(14-7-10-2-3-11(14)6-10)19-16(22)12-4-5-13-15(8-12)20-18(24)21-17(13)23/h4-5,8-11,14H,2-3,6-7H2,1H3,(H,19,22)(H2,20,21,23,24). The van der Waals surface area contributed by atoms with Gasteiger partial charge in [-0.3, -0.25) is 14.6 Å². The summed E-state index contributed by atoms with van der Waals surface area (Å²) >= 11 is 5.00. The smallest absolute Gasteiger partial charge is 0.259 e. The molecule has 5 nitrogen and oxygen atoms in total. The first-order valence-corrected chi connectivity index (χ1v) is 8.99. The summed E-state index contributed by atoms with van der Waals surface area (Å²) in [5, 5.41) is 3.65. The Kier molecular flexibility index (Phi) is 3.79. The minimum atomic E-state index is -0.240. The maximum atomic E-state index is 12.6. The summed E-state index contributed by atoms with van der Waals surface area (Å²) in [5.41, 5.74) is 0.897. The van der Waals surface area contributed by atoms with Crippen LogP contribution in [0, 0.1) is 22.5 Å². The quantitative estimate of drug-likeness (QED) is 0.749. The van der Waals surface area contributed by atoms with Crippen molar-refractivity contribution in [3.8, 4) is 0 Å². The summed E-state index contributed by atoms with van der Waals surface area (Å²) in [4.78, 5) is 29.9. The maximum Gasteiger partial charge on any atom is 0.259 e. The number of carbonyl (C=O) groups is 1. The molecule has 3 N–H and O–H groups in total. The van der Waals surface area contributed by atoms with Crippen molar-refractivity contribution in [3.05, 3.63) is 38.9 Å². The van der Waals surface area contributed by atoms with Crippen LogP contribution in [0.2, 0.25) is 0 Å². The summed E-state index contributed by atoms with van der Waals surface area (Å²) in [6, 6.07) is 5.23. The Bertz CT molecular complexity index is 916. The van der Waals surface area contributed by atoms with E-state index >= 15 is 0 Å². The summed E-state index contributed by atoms with van der Waals surface area (Å²) in [7, 11) is 0. The number of fused-ring (bicyclic) bond motifs is 3. The lowest BCUT2D eigenvalue weighted by Crippen LogP contribution is -2.40. The lowest BCUT2D eigenvalue weighted by atomic mass is 9.84. The molecule has 0 spiro atoms. The first-order chi connectivity index (χ1) is 11.5. The van der Waals surface area contributed by atoms with E-state index in [4.69, 9.17) is 12.2 Å². The van der Waals surface area contributed by atoms with Crippen LogP contribution in [-0.2, 0) is 0 Å². The zero-order chi connectivity index (χ0) is 16.8. The Labute approximate surface area is 144 Å². The molecule has 1 amide bonds. The molecule has 1 aromatic heterocycles. The van der Waals surface area contributed by atoms with Gasteiger partial charge in [-0.25, -0.2) is 0 Å². The Balaban J connectivity index is 1.55. The molecule has 0 radical (unpaired) electrons. The molecule has 2 saturated carbocycles. The Hall–Kier alpha value is -1.95. The second kappa shape index (κ2) is 5.84. The van der Waals surface area contributed by atoms with Crippen LogP contribution in [-0.4, -0.2) is 21.9 Å². The fourth-order valence-electron chi connectivity index (χ4n) is 4.61. The average molecular weight is 343 g/mol. The van der Waals surface area contributed by atoms with Crippen LogP contribution in [0.3, 0.4) is 0 Å². The topological polar surface area (TPSA) is 77.8 Å². The van der Waals surface area contributed by atoms with Crippen LogP contribution in [0.4, 0.5) is 0 Å². The lowest BCUT2D eigenvalue weighted by molar-refractivity contribution is 0.0915. The number of hydrogen-bond donors (Lipinski definition) is 3. The van der Waals surface area contributed by atoms with Crippen LogP contribution in [0.15, 0.2) is 23.0 Å². The van der Waals surface area contributed by atoms with Gasteiger partial charge in [-0.15, -0.1) is 0 Å². The van der Waals surface area contributed by atoms with Gasteiger partial charge in [0.25, 0.3) is 11.5 Å². The van der Waals surface area contributed by atoms with Crippen LogP contribution in [0.25, 0.3) is 10.9 Å². The van der Waals surface area contributed by atoms with E-state index in [0.29, 0.717) is 22.4 Å². The number of nitrogens with one attached hydrogen (secondary N) is 3. The largest absolute Gasteiger partial charge is 0.349 e. The Morgan fingerprint density at radius 3 is 2.83 bits per heavy atom. The number of aromatic nitrogens is 2. The van der Waals surface area contributed by atoms with Crippen molar-refractivity contribution in [2.24, 2.45) is 17.8 Å². The van der Waals surface area contributed by atoms with E-state index in [1.54, 1.807) is 18.2 Å². The van der Waals surface area contributed by atoms with Gasteiger partial charge in [0, 0.05) is 11.6 Å². The average Bonchev–Trinajstić information content (AvgIpc) is 3.17. The van der Waals surface area contributed by atoms with Gasteiger partial charge in [-0.05, 0) is 74.4 Å². The number of carbonyl (C=O) groups excluding carboxylic acids is 1. The van der Waals surface area contributed by atoms with Crippen molar-refractivity contribution in [2.45, 2.75) is 38.6 Å². The molecule has 126 valence electrons. The highest BCUT2D eigenvalue weighted by atomic mass is 32.1. The van der Waals surface area contributed by atoms with Gasteiger partial charge in [-0.1, -0.05) is 6.42 Å². The molecule has 2 bridgehead atoms. The number of hydrogen-bond acceptors (Lipinski definition) is 3. The van der Waals surface area contributed by atoms with E-state index in [2.05, 4.69) is 22.2 Å². The molecule has 6 heteroatoms. The highest BCUT2D eigenvalue weighted by Gasteiger charge is 2.42. The SMILES string of the molecule is CC(NC(=O)c1ccc2c(=O)[nH]c(=S)[nH]c2c1)C1CC2CCC1C2. The molecule has 2 aliphatic carbocycles. The predicted molar refractivity (Wildman–Crippen MR) is 95.6 cm³/mol. The maximum absolute atomic E-state index is 12.6. The number of amides is 1. The van der Waals surface area contributed by atoms with Crippen molar-refractivity contribution in [1.82, 2.24) is 15.3 Å². The third-order valence-corrected chi connectivity index (χ3v) is 6.00. The molecule has 2 fully saturated rings. The Morgan fingerprint density at radius 2 is 2.12 bits per heavy atom. The molecular weight excluding hydrogens is 322 g/mol. The van der Waals surface area contributed by atoms with Crippen LogP contribution in [0.5, 0.6) is 0 Å². The molecule has 24 heavy (non-hydrogen) atoms. The minimum Gasteiger partial charge on any atom is -0.349 e. The fraction of sp³-hybridized carbons (Fsp3) is 0.500. The zero-order valence-corrected chi connectivity index (χ0v) is 14.4.